The second-order valence-corrected chi connectivity index (χ2v) is 8.22. The van der Waals surface area contributed by atoms with Crippen LogP contribution in [0.2, 0.25) is 0 Å². The Labute approximate surface area is 194 Å². The second kappa shape index (κ2) is 9.36. The van der Waals surface area contributed by atoms with E-state index in [1.165, 1.54) is 4.90 Å². The molecular weight excluding hydrogens is 472 g/mol. The SMILES string of the molecule is CCCOc1ccc(/C(O)=C2\C(=O)C(=O)N(c3cccc(Br)c3)C2c2ccncc2)cc1. The first kappa shape index (κ1) is 21.8. The van der Waals surface area contributed by atoms with E-state index in [1.807, 2.05) is 13.0 Å². The number of aromatic nitrogens is 1. The predicted molar refractivity (Wildman–Crippen MR) is 125 cm³/mol. The number of Topliss-reactive ketones (excluding diaryl/α,β-unsaturated/α-hetero) is 1. The van der Waals surface area contributed by atoms with E-state index in [0.717, 1.165) is 10.9 Å². The number of aliphatic hydroxyl groups is 1. The van der Waals surface area contributed by atoms with Crippen molar-refractivity contribution in [3.8, 4) is 5.75 Å². The molecule has 1 aromatic heterocycles. The predicted octanol–water partition coefficient (Wildman–Crippen LogP) is 5.26. The molecule has 1 N–H and O–H groups in total. The summed E-state index contributed by atoms with van der Waals surface area (Å²) in [5.74, 6) is -1.00. The van der Waals surface area contributed by atoms with Gasteiger partial charge in [0.25, 0.3) is 11.7 Å². The molecule has 6 nitrogen and oxygen atoms in total. The molecule has 0 radical (unpaired) electrons. The van der Waals surface area contributed by atoms with Gasteiger partial charge in [-0.2, -0.15) is 0 Å². The normalized spacial score (nSPS) is 17.6. The Balaban J connectivity index is 1.84. The molecule has 4 rings (SSSR count). The molecule has 2 aromatic carbocycles. The van der Waals surface area contributed by atoms with Gasteiger partial charge in [-0.1, -0.05) is 28.9 Å². The lowest BCUT2D eigenvalue weighted by atomic mass is 9.95. The first-order valence-electron chi connectivity index (χ1n) is 10.2. The van der Waals surface area contributed by atoms with Crippen LogP contribution in [0.3, 0.4) is 0 Å². The number of rotatable bonds is 6. The van der Waals surface area contributed by atoms with Gasteiger partial charge in [-0.25, -0.2) is 0 Å². The molecule has 1 atom stereocenters. The van der Waals surface area contributed by atoms with E-state index in [2.05, 4.69) is 20.9 Å². The number of hydrogen-bond acceptors (Lipinski definition) is 5. The summed E-state index contributed by atoms with van der Waals surface area (Å²) in [6.07, 6.45) is 4.07. The van der Waals surface area contributed by atoms with Gasteiger partial charge in [0.05, 0.1) is 18.2 Å². The molecule has 0 aliphatic carbocycles. The summed E-state index contributed by atoms with van der Waals surface area (Å²) in [5, 5.41) is 11.1. The molecule has 1 fully saturated rings. The Morgan fingerprint density at radius 2 is 1.81 bits per heavy atom. The molecule has 1 saturated heterocycles. The fourth-order valence-corrected chi connectivity index (χ4v) is 4.06. The topological polar surface area (TPSA) is 79.7 Å². The van der Waals surface area contributed by atoms with Crippen LogP contribution in [0.25, 0.3) is 5.76 Å². The highest BCUT2D eigenvalue weighted by atomic mass is 79.9. The summed E-state index contributed by atoms with van der Waals surface area (Å²) in [4.78, 5) is 31.7. The molecule has 0 saturated carbocycles. The molecule has 1 amide bonds. The van der Waals surface area contributed by atoms with Crippen LogP contribution in [0.4, 0.5) is 5.69 Å². The number of pyridine rings is 1. The number of carbonyl (C=O) groups is 2. The Hall–Kier alpha value is -3.45. The fraction of sp³-hybridized carbons (Fsp3) is 0.160. The molecule has 0 bridgehead atoms. The fourth-order valence-electron chi connectivity index (χ4n) is 3.67. The third-order valence-electron chi connectivity index (χ3n) is 5.15. The number of benzene rings is 2. The smallest absolute Gasteiger partial charge is 0.300 e. The molecule has 1 unspecified atom stereocenters. The minimum Gasteiger partial charge on any atom is -0.507 e. The molecule has 32 heavy (non-hydrogen) atoms. The number of nitrogens with zero attached hydrogens (tertiary/aromatic N) is 2. The van der Waals surface area contributed by atoms with Crippen molar-refractivity contribution in [3.05, 3.63) is 94.2 Å². The van der Waals surface area contributed by atoms with Crippen LogP contribution < -0.4 is 9.64 Å². The molecule has 2 heterocycles. The van der Waals surface area contributed by atoms with Crippen LogP contribution in [0.5, 0.6) is 5.75 Å². The van der Waals surface area contributed by atoms with Crippen molar-refractivity contribution >= 4 is 39.1 Å². The minimum atomic E-state index is -0.789. The van der Waals surface area contributed by atoms with Crippen LogP contribution in [0, 0.1) is 0 Å². The number of hydrogen-bond donors (Lipinski definition) is 1. The van der Waals surface area contributed by atoms with Gasteiger partial charge in [-0.3, -0.25) is 19.5 Å². The lowest BCUT2D eigenvalue weighted by molar-refractivity contribution is -0.132. The van der Waals surface area contributed by atoms with Gasteiger partial charge in [-0.15, -0.1) is 0 Å². The average molecular weight is 493 g/mol. The van der Waals surface area contributed by atoms with Gasteiger partial charge in [0.15, 0.2) is 0 Å². The second-order valence-electron chi connectivity index (χ2n) is 7.30. The third kappa shape index (κ3) is 4.16. The molecule has 1 aliphatic heterocycles. The Morgan fingerprint density at radius 3 is 2.47 bits per heavy atom. The first-order valence-corrected chi connectivity index (χ1v) is 11.0. The van der Waals surface area contributed by atoms with Crippen molar-refractivity contribution in [3.63, 3.8) is 0 Å². The van der Waals surface area contributed by atoms with E-state index in [4.69, 9.17) is 4.74 Å². The van der Waals surface area contributed by atoms with Crippen molar-refractivity contribution in [1.29, 1.82) is 0 Å². The van der Waals surface area contributed by atoms with Crippen LogP contribution in [0.15, 0.2) is 83.1 Å². The van der Waals surface area contributed by atoms with Gasteiger partial charge < -0.3 is 9.84 Å². The average Bonchev–Trinajstić information content (AvgIpc) is 3.08. The maximum absolute atomic E-state index is 13.1. The number of anilines is 1. The van der Waals surface area contributed by atoms with Crippen molar-refractivity contribution < 1.29 is 19.4 Å². The van der Waals surface area contributed by atoms with E-state index >= 15 is 0 Å². The molecule has 7 heteroatoms. The molecule has 1 aliphatic rings. The number of amides is 1. The van der Waals surface area contributed by atoms with Crippen LogP contribution in [0.1, 0.15) is 30.5 Å². The summed E-state index contributed by atoms with van der Waals surface area (Å²) >= 11 is 3.42. The Bertz CT molecular complexity index is 1180. The highest BCUT2D eigenvalue weighted by Gasteiger charge is 2.47. The summed E-state index contributed by atoms with van der Waals surface area (Å²) in [7, 11) is 0. The van der Waals surface area contributed by atoms with Crippen molar-refractivity contribution in [1.82, 2.24) is 4.98 Å². The summed E-state index contributed by atoms with van der Waals surface area (Å²) < 4.78 is 6.36. The zero-order chi connectivity index (χ0) is 22.7. The maximum atomic E-state index is 13.1. The van der Waals surface area contributed by atoms with E-state index in [0.29, 0.717) is 29.2 Å². The standard InChI is InChI=1S/C25H21BrN2O4/c1-2-14-32-20-8-6-17(7-9-20)23(29)21-22(16-10-12-27-13-11-16)28(25(31)24(21)30)19-5-3-4-18(26)15-19/h3-13,15,22,29H,2,14H2,1H3/b23-21+. The van der Waals surface area contributed by atoms with Gasteiger partial charge in [0, 0.05) is 28.1 Å². The number of ketones is 1. The quantitative estimate of drug-likeness (QED) is 0.288. The highest BCUT2D eigenvalue weighted by molar-refractivity contribution is 9.10. The first-order chi connectivity index (χ1) is 15.5. The van der Waals surface area contributed by atoms with E-state index < -0.39 is 17.7 Å². The van der Waals surface area contributed by atoms with Crippen molar-refractivity contribution in [2.75, 3.05) is 11.5 Å². The summed E-state index contributed by atoms with van der Waals surface area (Å²) in [6.45, 7) is 2.61. The van der Waals surface area contributed by atoms with E-state index in [1.54, 1.807) is 67.0 Å². The lowest BCUT2D eigenvalue weighted by Crippen LogP contribution is -2.29. The number of aliphatic hydroxyl groups excluding tert-OH is 1. The zero-order valence-electron chi connectivity index (χ0n) is 17.4. The molecule has 0 spiro atoms. The minimum absolute atomic E-state index is 0.0309. The maximum Gasteiger partial charge on any atom is 0.300 e. The number of halogens is 1. The van der Waals surface area contributed by atoms with Crippen LogP contribution in [-0.4, -0.2) is 28.4 Å². The van der Waals surface area contributed by atoms with Gasteiger partial charge in [-0.05, 0) is 66.6 Å². The van der Waals surface area contributed by atoms with Gasteiger partial charge in [0.2, 0.25) is 0 Å². The lowest BCUT2D eigenvalue weighted by Gasteiger charge is -2.25. The highest BCUT2D eigenvalue weighted by Crippen LogP contribution is 2.42. The van der Waals surface area contributed by atoms with E-state index in [9.17, 15) is 14.7 Å². The number of carbonyl (C=O) groups excluding carboxylic acids is 2. The third-order valence-corrected chi connectivity index (χ3v) is 5.65. The van der Waals surface area contributed by atoms with Gasteiger partial charge >= 0.3 is 0 Å². The van der Waals surface area contributed by atoms with Crippen molar-refractivity contribution in [2.45, 2.75) is 19.4 Å². The molecule has 162 valence electrons. The van der Waals surface area contributed by atoms with Crippen LogP contribution >= 0.6 is 15.9 Å². The number of ether oxygens (including phenoxy) is 1. The van der Waals surface area contributed by atoms with Gasteiger partial charge in [0.1, 0.15) is 11.5 Å². The largest absolute Gasteiger partial charge is 0.507 e. The van der Waals surface area contributed by atoms with E-state index in [-0.39, 0.29) is 11.3 Å². The monoisotopic (exact) mass is 492 g/mol. The summed E-state index contributed by atoms with van der Waals surface area (Å²) in [6, 6.07) is 16.6. The Kier molecular flexibility index (Phi) is 6.37. The van der Waals surface area contributed by atoms with Crippen molar-refractivity contribution in [2.24, 2.45) is 0 Å². The Morgan fingerprint density at radius 1 is 1.09 bits per heavy atom. The molecular formula is C25H21BrN2O4. The summed E-state index contributed by atoms with van der Waals surface area (Å²) in [5.41, 5.74) is 1.68. The molecule has 3 aromatic rings. The zero-order valence-corrected chi connectivity index (χ0v) is 19.0. The van der Waals surface area contributed by atoms with Crippen LogP contribution in [-0.2, 0) is 9.59 Å².